The average Bonchev–Trinajstić information content (AvgIpc) is 2.85. The van der Waals surface area contributed by atoms with E-state index in [-0.39, 0.29) is 11.8 Å². The van der Waals surface area contributed by atoms with E-state index in [9.17, 15) is 9.18 Å². The second kappa shape index (κ2) is 6.32. The van der Waals surface area contributed by atoms with Crippen LogP contribution < -0.4 is 5.32 Å². The van der Waals surface area contributed by atoms with Gasteiger partial charge in [-0.15, -0.1) is 0 Å². The minimum Gasteiger partial charge on any atom is -0.320 e. The van der Waals surface area contributed by atoms with Gasteiger partial charge in [0, 0.05) is 29.2 Å². The molecule has 0 atom stereocenters. The molecule has 2 aliphatic rings. The van der Waals surface area contributed by atoms with Crippen molar-refractivity contribution in [2.24, 2.45) is 0 Å². The highest BCUT2D eigenvalue weighted by atomic mass is 79.9. The summed E-state index contributed by atoms with van der Waals surface area (Å²) in [6.07, 6.45) is 2.01. The van der Waals surface area contributed by atoms with Gasteiger partial charge < -0.3 is 15.1 Å². The van der Waals surface area contributed by atoms with Crippen molar-refractivity contribution < 1.29 is 9.18 Å². The lowest BCUT2D eigenvalue weighted by Gasteiger charge is -2.31. The molecule has 0 spiro atoms. The highest BCUT2D eigenvalue weighted by molar-refractivity contribution is 9.10. The van der Waals surface area contributed by atoms with E-state index in [0.29, 0.717) is 24.7 Å². The minimum atomic E-state index is -0.258. The zero-order chi connectivity index (χ0) is 14.8. The van der Waals surface area contributed by atoms with E-state index in [4.69, 9.17) is 0 Å². The smallest absolute Gasteiger partial charge is 0.320 e. The Morgan fingerprint density at radius 1 is 1.29 bits per heavy atom. The molecular weight excluding hydrogens is 337 g/mol. The van der Waals surface area contributed by atoms with Crippen molar-refractivity contribution in [3.8, 4) is 0 Å². The highest BCUT2D eigenvalue weighted by Gasteiger charge is 2.34. The van der Waals surface area contributed by atoms with Crippen molar-refractivity contribution in [1.29, 1.82) is 0 Å². The van der Waals surface area contributed by atoms with Gasteiger partial charge in [0.2, 0.25) is 0 Å². The Bertz CT molecular complexity index is 534. The summed E-state index contributed by atoms with van der Waals surface area (Å²) in [7, 11) is 0. The molecule has 2 heterocycles. The highest BCUT2D eigenvalue weighted by Crippen LogP contribution is 2.22. The van der Waals surface area contributed by atoms with Crippen LogP contribution in [0, 0.1) is 5.82 Å². The lowest BCUT2D eigenvalue weighted by atomic mass is 10.1. The van der Waals surface area contributed by atoms with E-state index < -0.39 is 0 Å². The Kier molecular flexibility index (Phi) is 4.45. The van der Waals surface area contributed by atoms with Crippen molar-refractivity contribution in [1.82, 2.24) is 15.1 Å². The van der Waals surface area contributed by atoms with Gasteiger partial charge in [0.15, 0.2) is 0 Å². The number of benzene rings is 1. The summed E-state index contributed by atoms with van der Waals surface area (Å²) < 4.78 is 14.7. The van der Waals surface area contributed by atoms with E-state index in [1.54, 1.807) is 17.0 Å². The van der Waals surface area contributed by atoms with E-state index in [0.717, 1.165) is 36.9 Å². The maximum Gasteiger partial charge on any atom is 0.320 e. The van der Waals surface area contributed by atoms with E-state index in [1.807, 2.05) is 4.90 Å². The molecule has 0 aliphatic carbocycles. The summed E-state index contributed by atoms with van der Waals surface area (Å²) in [5, 5.41) is 3.31. The van der Waals surface area contributed by atoms with Crippen molar-refractivity contribution in [2.45, 2.75) is 25.4 Å². The van der Waals surface area contributed by atoms with Gasteiger partial charge in [0.1, 0.15) is 5.82 Å². The van der Waals surface area contributed by atoms with E-state index in [1.165, 1.54) is 6.07 Å². The molecule has 3 rings (SSSR count). The molecule has 114 valence electrons. The average molecular weight is 356 g/mol. The summed E-state index contributed by atoms with van der Waals surface area (Å²) in [5.74, 6) is -0.258. The minimum absolute atomic E-state index is 0.0428. The van der Waals surface area contributed by atoms with Crippen LogP contribution in [-0.4, -0.2) is 48.1 Å². The number of carbonyl (C=O) groups is 1. The van der Waals surface area contributed by atoms with Crippen LogP contribution in [-0.2, 0) is 6.54 Å². The van der Waals surface area contributed by atoms with Crippen molar-refractivity contribution in [2.75, 3.05) is 26.2 Å². The third kappa shape index (κ3) is 3.21. The van der Waals surface area contributed by atoms with Crippen LogP contribution in [0.5, 0.6) is 0 Å². The zero-order valence-electron chi connectivity index (χ0n) is 11.8. The largest absolute Gasteiger partial charge is 0.320 e. The fourth-order valence-corrected chi connectivity index (χ4v) is 3.48. The molecule has 6 heteroatoms. The van der Waals surface area contributed by atoms with Crippen LogP contribution in [0.25, 0.3) is 0 Å². The predicted molar refractivity (Wildman–Crippen MR) is 82.5 cm³/mol. The lowest BCUT2D eigenvalue weighted by Crippen LogP contribution is -2.45. The molecule has 0 unspecified atom stereocenters. The van der Waals surface area contributed by atoms with Gasteiger partial charge in [0.25, 0.3) is 0 Å². The molecule has 1 aromatic rings. The summed E-state index contributed by atoms with van der Waals surface area (Å²) in [6, 6.07) is 5.23. The zero-order valence-corrected chi connectivity index (χ0v) is 13.4. The van der Waals surface area contributed by atoms with E-state index in [2.05, 4.69) is 21.2 Å². The van der Waals surface area contributed by atoms with Crippen molar-refractivity contribution in [3.63, 3.8) is 0 Å². The first-order valence-electron chi connectivity index (χ1n) is 7.35. The Morgan fingerprint density at radius 3 is 2.81 bits per heavy atom. The molecule has 2 aliphatic heterocycles. The molecule has 1 N–H and O–H groups in total. The van der Waals surface area contributed by atoms with Crippen LogP contribution in [0.1, 0.15) is 18.4 Å². The topological polar surface area (TPSA) is 35.6 Å². The molecule has 0 aromatic heterocycles. The van der Waals surface area contributed by atoms with E-state index >= 15 is 0 Å². The van der Waals surface area contributed by atoms with Crippen LogP contribution in [0.15, 0.2) is 22.7 Å². The van der Waals surface area contributed by atoms with Crippen LogP contribution >= 0.6 is 15.9 Å². The quantitative estimate of drug-likeness (QED) is 0.904. The van der Waals surface area contributed by atoms with Gasteiger partial charge in [-0.05, 0) is 44.1 Å². The molecule has 0 radical (unpaired) electrons. The Hall–Kier alpha value is -1.14. The van der Waals surface area contributed by atoms with Crippen LogP contribution in [0.2, 0.25) is 0 Å². The van der Waals surface area contributed by atoms with Gasteiger partial charge in [0.05, 0.1) is 6.54 Å². The summed E-state index contributed by atoms with van der Waals surface area (Å²) >= 11 is 3.35. The van der Waals surface area contributed by atoms with Gasteiger partial charge >= 0.3 is 6.03 Å². The van der Waals surface area contributed by atoms with Gasteiger partial charge in [-0.3, -0.25) is 0 Å². The van der Waals surface area contributed by atoms with Gasteiger partial charge in [-0.1, -0.05) is 15.9 Å². The van der Waals surface area contributed by atoms with Gasteiger partial charge in [-0.25, -0.2) is 9.18 Å². The molecule has 2 fully saturated rings. The normalized spacial score (nSPS) is 20.4. The van der Waals surface area contributed by atoms with Crippen LogP contribution in [0.3, 0.4) is 0 Å². The second-order valence-electron chi connectivity index (χ2n) is 5.61. The predicted octanol–water partition coefficient (Wildman–Crippen LogP) is 2.58. The standard InChI is InChI=1S/C15H19BrFN3O/c16-12-1-2-14(17)11(9-12)10-19-7-8-20(15(19)21)13-3-5-18-6-4-13/h1-2,9,13,18H,3-8,10H2. The van der Waals surface area contributed by atoms with Crippen LogP contribution in [0.4, 0.5) is 9.18 Å². The maximum absolute atomic E-state index is 13.8. The van der Waals surface area contributed by atoms with Crippen molar-refractivity contribution >= 4 is 22.0 Å². The number of carbonyl (C=O) groups excluding carboxylic acids is 1. The molecule has 4 nitrogen and oxygen atoms in total. The molecule has 1 aromatic carbocycles. The third-order valence-electron chi connectivity index (χ3n) is 4.25. The first-order chi connectivity index (χ1) is 10.1. The number of nitrogens with one attached hydrogen (secondary N) is 1. The number of nitrogens with zero attached hydrogens (tertiary/aromatic N) is 2. The number of halogens is 2. The fraction of sp³-hybridized carbons (Fsp3) is 0.533. The molecule has 0 saturated carbocycles. The number of amides is 2. The monoisotopic (exact) mass is 355 g/mol. The molecule has 21 heavy (non-hydrogen) atoms. The van der Waals surface area contributed by atoms with Crippen molar-refractivity contribution in [3.05, 3.63) is 34.1 Å². The number of piperidine rings is 1. The Morgan fingerprint density at radius 2 is 2.05 bits per heavy atom. The first kappa shape index (κ1) is 14.8. The summed E-state index contributed by atoms with van der Waals surface area (Å²) in [4.78, 5) is 16.2. The Labute approximate surface area is 132 Å². The molecule has 2 amide bonds. The fourth-order valence-electron chi connectivity index (χ4n) is 3.08. The van der Waals surface area contributed by atoms with Gasteiger partial charge in [-0.2, -0.15) is 0 Å². The first-order valence-corrected chi connectivity index (χ1v) is 8.14. The SMILES string of the molecule is O=C1N(Cc2cc(Br)ccc2F)CCN1C1CCNCC1. The lowest BCUT2D eigenvalue weighted by molar-refractivity contribution is 0.164. The maximum atomic E-state index is 13.8. The number of hydrogen-bond acceptors (Lipinski definition) is 2. The second-order valence-corrected chi connectivity index (χ2v) is 6.53. The molecule has 2 saturated heterocycles. The molecule has 0 bridgehead atoms. The Balaban J connectivity index is 1.67. The molecular formula is C15H19BrFN3O. The summed E-state index contributed by atoms with van der Waals surface area (Å²) in [6.45, 7) is 3.70. The number of urea groups is 1. The third-order valence-corrected chi connectivity index (χ3v) is 4.74. The summed E-state index contributed by atoms with van der Waals surface area (Å²) in [5.41, 5.74) is 0.560. The number of hydrogen-bond donors (Lipinski definition) is 1. The number of rotatable bonds is 3.